The second kappa shape index (κ2) is 35.0. The summed E-state index contributed by atoms with van der Waals surface area (Å²) in [7, 11) is 0. The molecule has 0 aromatic carbocycles. The van der Waals surface area contributed by atoms with Gasteiger partial charge in [0.15, 0.2) is 0 Å². The Kier molecular flexibility index (Phi) is 35.0. The Morgan fingerprint density at radius 1 is 0.342 bits per heavy atom. The van der Waals surface area contributed by atoms with Crippen molar-refractivity contribution in [1.82, 2.24) is 5.32 Å². The van der Waals surface area contributed by atoms with Crippen LogP contribution in [0.5, 0.6) is 0 Å². The highest BCUT2D eigenvalue weighted by atomic mass is 14.8. The van der Waals surface area contributed by atoms with Crippen molar-refractivity contribution in [3.8, 4) is 0 Å². The first kappa shape index (κ1) is 38.0. The zero-order valence-electron chi connectivity index (χ0n) is 27.4. The smallest absolute Gasteiger partial charge is 0.00232 e. The van der Waals surface area contributed by atoms with Crippen molar-refractivity contribution >= 4 is 0 Å². The first-order chi connectivity index (χ1) is 18.8. The third kappa shape index (κ3) is 34.0. The van der Waals surface area contributed by atoms with Crippen molar-refractivity contribution < 1.29 is 0 Å². The Bertz CT molecular complexity index is 392. The summed E-state index contributed by atoms with van der Waals surface area (Å²) in [6, 6.07) is 0. The fourth-order valence-corrected chi connectivity index (χ4v) is 5.94. The standard InChI is InChI=1S/C37H77N/c1-4-6-8-10-12-14-16-18-20-21-23-25-27-29-31-33-35-38-36-37(3)34-32-30-28-26-24-22-19-17-15-13-11-9-7-5-2/h37-38H,4-36H2,1-3H3. The molecular weight excluding hydrogens is 458 g/mol. The van der Waals surface area contributed by atoms with E-state index in [-0.39, 0.29) is 0 Å². The van der Waals surface area contributed by atoms with Crippen LogP contribution in [0.3, 0.4) is 0 Å². The molecule has 38 heavy (non-hydrogen) atoms. The van der Waals surface area contributed by atoms with Crippen LogP contribution < -0.4 is 5.32 Å². The van der Waals surface area contributed by atoms with E-state index in [1.807, 2.05) is 0 Å². The van der Waals surface area contributed by atoms with E-state index in [2.05, 4.69) is 26.1 Å². The zero-order chi connectivity index (χ0) is 27.6. The molecule has 0 saturated carbocycles. The van der Waals surface area contributed by atoms with Crippen molar-refractivity contribution in [3.05, 3.63) is 0 Å². The van der Waals surface area contributed by atoms with Crippen molar-refractivity contribution in [2.45, 2.75) is 220 Å². The second-order valence-electron chi connectivity index (χ2n) is 13.0. The molecule has 1 atom stereocenters. The van der Waals surface area contributed by atoms with Gasteiger partial charge in [-0.25, -0.2) is 0 Å². The van der Waals surface area contributed by atoms with Crippen molar-refractivity contribution in [3.63, 3.8) is 0 Å². The van der Waals surface area contributed by atoms with Gasteiger partial charge in [0.1, 0.15) is 0 Å². The molecule has 1 unspecified atom stereocenters. The van der Waals surface area contributed by atoms with Gasteiger partial charge in [0.25, 0.3) is 0 Å². The van der Waals surface area contributed by atoms with E-state index in [0.717, 1.165) is 5.92 Å². The van der Waals surface area contributed by atoms with E-state index in [1.54, 1.807) is 0 Å². The second-order valence-corrected chi connectivity index (χ2v) is 13.0. The van der Waals surface area contributed by atoms with E-state index < -0.39 is 0 Å². The molecule has 0 aliphatic heterocycles. The maximum Gasteiger partial charge on any atom is -0.00232 e. The minimum Gasteiger partial charge on any atom is -0.316 e. The van der Waals surface area contributed by atoms with Crippen LogP contribution in [-0.2, 0) is 0 Å². The lowest BCUT2D eigenvalue weighted by Gasteiger charge is -2.12. The van der Waals surface area contributed by atoms with Gasteiger partial charge in [-0.1, -0.05) is 207 Å². The molecule has 1 heteroatoms. The molecule has 0 radical (unpaired) electrons. The van der Waals surface area contributed by atoms with Gasteiger partial charge in [-0.05, 0) is 31.8 Å². The fraction of sp³-hybridized carbons (Fsp3) is 1.00. The molecule has 0 fully saturated rings. The predicted octanol–water partition coefficient (Wildman–Crippen LogP) is 13.3. The minimum absolute atomic E-state index is 0.855. The van der Waals surface area contributed by atoms with E-state index in [0.29, 0.717) is 0 Å². The summed E-state index contributed by atoms with van der Waals surface area (Å²) < 4.78 is 0. The third-order valence-electron chi connectivity index (χ3n) is 8.75. The van der Waals surface area contributed by atoms with Gasteiger partial charge in [-0.2, -0.15) is 0 Å². The SMILES string of the molecule is CCCCCCCCCCCCCCCCCCNCC(C)CCCCCCCCCCCCCCCC. The minimum atomic E-state index is 0.855. The van der Waals surface area contributed by atoms with E-state index in [9.17, 15) is 0 Å². The Morgan fingerprint density at radius 2 is 0.605 bits per heavy atom. The van der Waals surface area contributed by atoms with Crippen LogP contribution in [0.15, 0.2) is 0 Å². The maximum atomic E-state index is 3.73. The van der Waals surface area contributed by atoms with Gasteiger partial charge in [-0.3, -0.25) is 0 Å². The lowest BCUT2D eigenvalue weighted by Crippen LogP contribution is -2.22. The average molecular weight is 536 g/mol. The topological polar surface area (TPSA) is 12.0 Å². The van der Waals surface area contributed by atoms with Gasteiger partial charge >= 0.3 is 0 Å². The molecule has 1 nitrogen and oxygen atoms in total. The molecule has 0 aromatic rings. The number of hydrogen-bond acceptors (Lipinski definition) is 1. The molecule has 0 heterocycles. The summed E-state index contributed by atoms with van der Waals surface area (Å²) in [5, 5.41) is 3.73. The molecular formula is C37H77N. The molecule has 230 valence electrons. The Balaban J connectivity index is 3.13. The zero-order valence-corrected chi connectivity index (χ0v) is 27.4. The summed E-state index contributed by atoms with van der Waals surface area (Å²) in [4.78, 5) is 0. The molecule has 0 amide bonds. The molecule has 0 rings (SSSR count). The van der Waals surface area contributed by atoms with E-state index in [4.69, 9.17) is 0 Å². The lowest BCUT2D eigenvalue weighted by atomic mass is 10.0. The summed E-state index contributed by atoms with van der Waals surface area (Å²) >= 11 is 0. The first-order valence-electron chi connectivity index (χ1n) is 18.5. The number of nitrogens with one attached hydrogen (secondary N) is 1. The van der Waals surface area contributed by atoms with Crippen LogP contribution in [0.2, 0.25) is 0 Å². The summed E-state index contributed by atoms with van der Waals surface area (Å²) in [6.07, 6.45) is 45.2. The number of hydrogen-bond donors (Lipinski definition) is 1. The summed E-state index contributed by atoms with van der Waals surface area (Å²) in [5.74, 6) is 0.855. The normalized spacial score (nSPS) is 12.4. The monoisotopic (exact) mass is 536 g/mol. The highest BCUT2D eigenvalue weighted by Crippen LogP contribution is 2.16. The van der Waals surface area contributed by atoms with Crippen LogP contribution in [0.25, 0.3) is 0 Å². The lowest BCUT2D eigenvalue weighted by molar-refractivity contribution is 0.443. The molecule has 1 N–H and O–H groups in total. The van der Waals surface area contributed by atoms with E-state index in [1.165, 1.54) is 212 Å². The quantitative estimate of drug-likeness (QED) is 0.0808. The van der Waals surface area contributed by atoms with Crippen LogP contribution in [-0.4, -0.2) is 13.1 Å². The number of rotatable bonds is 34. The summed E-state index contributed by atoms with van der Waals surface area (Å²) in [5.41, 5.74) is 0. The summed E-state index contributed by atoms with van der Waals surface area (Å²) in [6.45, 7) is 9.53. The van der Waals surface area contributed by atoms with Crippen LogP contribution in [0.4, 0.5) is 0 Å². The van der Waals surface area contributed by atoms with Crippen molar-refractivity contribution in [2.75, 3.05) is 13.1 Å². The Hall–Kier alpha value is -0.0400. The third-order valence-corrected chi connectivity index (χ3v) is 8.75. The predicted molar refractivity (Wildman–Crippen MR) is 177 cm³/mol. The van der Waals surface area contributed by atoms with Gasteiger partial charge < -0.3 is 5.32 Å². The van der Waals surface area contributed by atoms with Crippen LogP contribution >= 0.6 is 0 Å². The highest BCUT2D eigenvalue weighted by Gasteiger charge is 2.02. The molecule has 0 aliphatic rings. The number of unbranched alkanes of at least 4 members (excludes halogenated alkanes) is 28. The maximum absolute atomic E-state index is 3.73. The molecule has 0 spiro atoms. The van der Waals surface area contributed by atoms with Crippen molar-refractivity contribution in [2.24, 2.45) is 5.92 Å². The Morgan fingerprint density at radius 3 is 0.921 bits per heavy atom. The average Bonchev–Trinajstić information content (AvgIpc) is 2.92. The largest absolute Gasteiger partial charge is 0.316 e. The van der Waals surface area contributed by atoms with Gasteiger partial charge in [0.05, 0.1) is 0 Å². The van der Waals surface area contributed by atoms with E-state index >= 15 is 0 Å². The fourth-order valence-electron chi connectivity index (χ4n) is 5.94. The molecule has 0 aliphatic carbocycles. The van der Waals surface area contributed by atoms with Gasteiger partial charge in [0, 0.05) is 0 Å². The van der Waals surface area contributed by atoms with Crippen LogP contribution in [0, 0.1) is 5.92 Å². The van der Waals surface area contributed by atoms with Gasteiger partial charge in [-0.15, -0.1) is 0 Å². The van der Waals surface area contributed by atoms with Gasteiger partial charge in [0.2, 0.25) is 0 Å². The molecule has 0 saturated heterocycles. The first-order valence-corrected chi connectivity index (χ1v) is 18.5. The Labute approximate surface area is 243 Å². The molecule has 0 aromatic heterocycles. The van der Waals surface area contributed by atoms with Crippen LogP contribution in [0.1, 0.15) is 220 Å². The van der Waals surface area contributed by atoms with Crippen molar-refractivity contribution in [1.29, 1.82) is 0 Å². The highest BCUT2D eigenvalue weighted by molar-refractivity contribution is 4.59. The molecule has 0 bridgehead atoms.